The van der Waals surface area contributed by atoms with E-state index in [0.29, 0.717) is 12.6 Å². The van der Waals surface area contributed by atoms with E-state index < -0.39 is 0 Å². The van der Waals surface area contributed by atoms with Crippen LogP contribution in [0, 0.1) is 5.92 Å². The second kappa shape index (κ2) is 7.27. The molecule has 1 aliphatic rings. The van der Waals surface area contributed by atoms with E-state index in [2.05, 4.69) is 30.5 Å². The first-order valence-electron chi connectivity index (χ1n) is 6.67. The Kier molecular flexibility index (Phi) is 6.30. The fourth-order valence-electron chi connectivity index (χ4n) is 2.25. The van der Waals surface area contributed by atoms with Gasteiger partial charge in [-0.15, -0.1) is 23.7 Å². The van der Waals surface area contributed by atoms with Crippen LogP contribution in [0.1, 0.15) is 40.4 Å². The first kappa shape index (κ1) is 16.5. The molecular weight excluding hydrogens is 280 g/mol. The molecular formula is C14H23ClN2OS. The summed E-state index contributed by atoms with van der Waals surface area (Å²) >= 11 is 1.67. The Balaban J connectivity index is 0.00000180. The summed E-state index contributed by atoms with van der Waals surface area (Å²) in [6.45, 7) is 5.02. The minimum absolute atomic E-state index is 0. The number of carbonyl (C=O) groups is 1. The Labute approximate surface area is 125 Å². The van der Waals surface area contributed by atoms with Gasteiger partial charge < -0.3 is 10.6 Å². The minimum atomic E-state index is 0. The van der Waals surface area contributed by atoms with Crippen LogP contribution in [0.5, 0.6) is 0 Å². The van der Waals surface area contributed by atoms with Crippen molar-refractivity contribution in [2.75, 3.05) is 13.6 Å². The molecule has 2 atom stereocenters. The van der Waals surface area contributed by atoms with Crippen molar-refractivity contribution in [1.29, 1.82) is 0 Å². The van der Waals surface area contributed by atoms with Gasteiger partial charge in [0.1, 0.15) is 0 Å². The molecule has 108 valence electrons. The van der Waals surface area contributed by atoms with Crippen LogP contribution in [-0.4, -0.2) is 25.5 Å². The molecule has 0 saturated heterocycles. The summed E-state index contributed by atoms with van der Waals surface area (Å²) in [5, 5.41) is 6.09. The van der Waals surface area contributed by atoms with Gasteiger partial charge >= 0.3 is 0 Å². The van der Waals surface area contributed by atoms with Gasteiger partial charge in [0, 0.05) is 17.5 Å². The van der Waals surface area contributed by atoms with Crippen molar-refractivity contribution in [3.05, 3.63) is 21.4 Å². The van der Waals surface area contributed by atoms with Crippen molar-refractivity contribution in [2.45, 2.75) is 39.2 Å². The molecule has 2 rings (SSSR count). The summed E-state index contributed by atoms with van der Waals surface area (Å²) in [6.07, 6.45) is 3.53. The maximum absolute atomic E-state index is 12.0. The number of thiophene rings is 1. The van der Waals surface area contributed by atoms with Crippen LogP contribution < -0.4 is 10.6 Å². The number of hydrogen-bond acceptors (Lipinski definition) is 3. The van der Waals surface area contributed by atoms with Crippen molar-refractivity contribution < 1.29 is 4.79 Å². The predicted octanol–water partition coefficient (Wildman–Crippen LogP) is 2.63. The SMILES string of the molecule is CNC(C)CNC(=O)c1cc2c(s1)CCC(C)C2.Cl. The van der Waals surface area contributed by atoms with E-state index in [1.807, 2.05) is 7.05 Å². The second-order valence-corrected chi connectivity index (χ2v) is 6.44. The summed E-state index contributed by atoms with van der Waals surface area (Å²) in [5.41, 5.74) is 1.39. The van der Waals surface area contributed by atoms with E-state index in [0.717, 1.165) is 23.6 Å². The molecule has 1 heterocycles. The Morgan fingerprint density at radius 1 is 1.58 bits per heavy atom. The van der Waals surface area contributed by atoms with Crippen LogP contribution in [0.4, 0.5) is 0 Å². The van der Waals surface area contributed by atoms with E-state index in [4.69, 9.17) is 0 Å². The number of amides is 1. The summed E-state index contributed by atoms with van der Waals surface area (Å²) in [5.74, 6) is 0.830. The molecule has 1 aliphatic carbocycles. The third-order valence-corrected chi connectivity index (χ3v) is 4.85. The minimum Gasteiger partial charge on any atom is -0.350 e. The van der Waals surface area contributed by atoms with E-state index >= 15 is 0 Å². The standard InChI is InChI=1S/C14H22N2OS.ClH/c1-9-4-5-12-11(6-9)7-13(18-12)14(17)16-8-10(2)15-3;/h7,9-10,15H,4-6,8H2,1-3H3,(H,16,17);1H. The van der Waals surface area contributed by atoms with Crippen molar-refractivity contribution in [2.24, 2.45) is 5.92 Å². The number of carbonyl (C=O) groups excluding carboxylic acids is 1. The van der Waals surface area contributed by atoms with Gasteiger partial charge in [-0.3, -0.25) is 4.79 Å². The van der Waals surface area contributed by atoms with Crippen molar-refractivity contribution in [3.63, 3.8) is 0 Å². The number of aryl methyl sites for hydroxylation is 1. The Morgan fingerprint density at radius 2 is 2.32 bits per heavy atom. The number of halogens is 1. The topological polar surface area (TPSA) is 41.1 Å². The Hall–Kier alpha value is -0.580. The largest absolute Gasteiger partial charge is 0.350 e. The lowest BCUT2D eigenvalue weighted by molar-refractivity contribution is 0.0954. The maximum atomic E-state index is 12.0. The first-order chi connectivity index (χ1) is 8.60. The Bertz CT molecular complexity index is 433. The van der Waals surface area contributed by atoms with Crippen LogP contribution in [0.15, 0.2) is 6.07 Å². The lowest BCUT2D eigenvalue weighted by atomic mass is 9.90. The molecule has 0 spiro atoms. The number of fused-ring (bicyclic) bond motifs is 1. The molecule has 0 aliphatic heterocycles. The molecule has 0 saturated carbocycles. The van der Waals surface area contributed by atoms with Crippen LogP contribution in [-0.2, 0) is 12.8 Å². The first-order valence-corrected chi connectivity index (χ1v) is 7.49. The highest BCUT2D eigenvalue weighted by Gasteiger charge is 2.20. The molecule has 0 bridgehead atoms. The van der Waals surface area contributed by atoms with E-state index in [-0.39, 0.29) is 18.3 Å². The molecule has 2 N–H and O–H groups in total. The third kappa shape index (κ3) is 4.20. The molecule has 0 radical (unpaired) electrons. The van der Waals surface area contributed by atoms with Crippen molar-refractivity contribution >= 4 is 29.7 Å². The summed E-state index contributed by atoms with van der Waals surface area (Å²) in [4.78, 5) is 14.3. The van der Waals surface area contributed by atoms with Gasteiger partial charge in [-0.05, 0) is 50.8 Å². The van der Waals surface area contributed by atoms with Crippen LogP contribution in [0.25, 0.3) is 0 Å². The zero-order valence-corrected chi connectivity index (χ0v) is 13.4. The molecule has 2 unspecified atom stereocenters. The normalized spacial score (nSPS) is 19.2. The average Bonchev–Trinajstić information content (AvgIpc) is 2.78. The predicted molar refractivity (Wildman–Crippen MR) is 83.6 cm³/mol. The van der Waals surface area contributed by atoms with Gasteiger partial charge in [0.05, 0.1) is 4.88 Å². The maximum Gasteiger partial charge on any atom is 0.261 e. The molecule has 1 aromatic rings. The van der Waals surface area contributed by atoms with Gasteiger partial charge in [0.25, 0.3) is 5.91 Å². The molecule has 19 heavy (non-hydrogen) atoms. The second-order valence-electron chi connectivity index (χ2n) is 5.31. The molecule has 5 heteroatoms. The lowest BCUT2D eigenvalue weighted by Crippen LogP contribution is -2.36. The molecule has 1 amide bonds. The highest BCUT2D eigenvalue weighted by atomic mass is 35.5. The van der Waals surface area contributed by atoms with E-state index in [1.54, 1.807) is 11.3 Å². The van der Waals surface area contributed by atoms with Gasteiger partial charge in [-0.2, -0.15) is 0 Å². The number of nitrogens with one attached hydrogen (secondary N) is 2. The van der Waals surface area contributed by atoms with Crippen LogP contribution >= 0.6 is 23.7 Å². The lowest BCUT2D eigenvalue weighted by Gasteiger charge is -2.16. The van der Waals surface area contributed by atoms with Crippen molar-refractivity contribution in [1.82, 2.24) is 10.6 Å². The molecule has 0 fully saturated rings. The van der Waals surface area contributed by atoms with Gasteiger partial charge in [0.2, 0.25) is 0 Å². The number of likely N-dealkylation sites (N-methyl/N-ethyl adjacent to an activating group) is 1. The van der Waals surface area contributed by atoms with Crippen LogP contribution in [0.2, 0.25) is 0 Å². The molecule has 0 aromatic carbocycles. The fraction of sp³-hybridized carbons (Fsp3) is 0.643. The molecule has 3 nitrogen and oxygen atoms in total. The zero-order valence-electron chi connectivity index (χ0n) is 11.8. The van der Waals surface area contributed by atoms with Gasteiger partial charge in [-0.25, -0.2) is 0 Å². The Morgan fingerprint density at radius 3 is 3.00 bits per heavy atom. The highest BCUT2D eigenvalue weighted by Crippen LogP contribution is 2.32. The average molecular weight is 303 g/mol. The van der Waals surface area contributed by atoms with E-state index in [1.165, 1.54) is 16.9 Å². The van der Waals surface area contributed by atoms with E-state index in [9.17, 15) is 4.79 Å². The number of hydrogen-bond donors (Lipinski definition) is 2. The summed E-state index contributed by atoms with van der Waals surface area (Å²) < 4.78 is 0. The fourth-order valence-corrected chi connectivity index (χ4v) is 3.38. The van der Waals surface area contributed by atoms with Gasteiger partial charge in [-0.1, -0.05) is 6.92 Å². The zero-order chi connectivity index (χ0) is 13.1. The monoisotopic (exact) mass is 302 g/mol. The number of rotatable bonds is 4. The molecule has 1 aromatic heterocycles. The summed E-state index contributed by atoms with van der Waals surface area (Å²) in [7, 11) is 1.90. The third-order valence-electron chi connectivity index (χ3n) is 3.61. The van der Waals surface area contributed by atoms with Gasteiger partial charge in [0.15, 0.2) is 0 Å². The van der Waals surface area contributed by atoms with Crippen molar-refractivity contribution in [3.8, 4) is 0 Å². The highest BCUT2D eigenvalue weighted by molar-refractivity contribution is 7.14. The summed E-state index contributed by atoms with van der Waals surface area (Å²) in [6, 6.07) is 2.40. The quantitative estimate of drug-likeness (QED) is 0.898. The smallest absolute Gasteiger partial charge is 0.261 e. The van der Waals surface area contributed by atoms with Crippen LogP contribution in [0.3, 0.4) is 0 Å².